The summed E-state index contributed by atoms with van der Waals surface area (Å²) in [5, 5.41) is 9.91. The molecule has 1 saturated heterocycles. The van der Waals surface area contributed by atoms with E-state index in [0.717, 1.165) is 39.3 Å². The third-order valence-electron chi connectivity index (χ3n) is 1.44. The fourth-order valence-electron chi connectivity index (χ4n) is 0.905. The summed E-state index contributed by atoms with van der Waals surface area (Å²) in [5.41, 5.74) is 0. The predicted octanol–water partition coefficient (Wildman–Crippen LogP) is -1.23. The third kappa shape index (κ3) is 5.21. The van der Waals surface area contributed by atoms with Crippen molar-refractivity contribution in [3.63, 3.8) is 0 Å². The largest absolute Gasteiger partial charge is 0.314 e. The summed E-state index contributed by atoms with van der Waals surface area (Å²) in [5.74, 6) is 0. The van der Waals surface area contributed by atoms with Gasteiger partial charge in [0, 0.05) is 56.3 Å². The Labute approximate surface area is 72.8 Å². The van der Waals surface area contributed by atoms with E-state index in [1.165, 1.54) is 0 Å². The quantitative estimate of drug-likeness (QED) is 0.421. The maximum absolute atomic E-state index is 3.30. The first kappa shape index (κ1) is 10.4. The molecule has 1 radical (unpaired) electrons. The number of rotatable bonds is 0. The van der Waals surface area contributed by atoms with Crippen molar-refractivity contribution >= 4 is 0 Å². The van der Waals surface area contributed by atoms with Crippen LogP contribution >= 0.6 is 0 Å². The van der Waals surface area contributed by atoms with Crippen LogP contribution in [0.15, 0.2) is 0 Å². The number of hydrogen-bond donors (Lipinski definition) is 3. The summed E-state index contributed by atoms with van der Waals surface area (Å²) >= 11 is 0. The van der Waals surface area contributed by atoms with Gasteiger partial charge in [-0.05, 0) is 0 Å². The van der Waals surface area contributed by atoms with Crippen molar-refractivity contribution in [3.05, 3.63) is 0 Å². The van der Waals surface area contributed by atoms with Gasteiger partial charge >= 0.3 is 0 Å². The van der Waals surface area contributed by atoms with Gasteiger partial charge in [0.25, 0.3) is 0 Å². The molecule has 1 rings (SSSR count). The van der Waals surface area contributed by atoms with Crippen LogP contribution in [0.1, 0.15) is 0 Å². The van der Waals surface area contributed by atoms with Crippen molar-refractivity contribution in [2.45, 2.75) is 0 Å². The van der Waals surface area contributed by atoms with Crippen LogP contribution in [0, 0.1) is 0 Å². The molecular formula is C6H15CuN3. The molecular weight excluding hydrogens is 178 g/mol. The third-order valence-corrected chi connectivity index (χ3v) is 1.44. The molecule has 0 bridgehead atoms. The maximum Gasteiger partial charge on any atom is 0.00772 e. The Bertz CT molecular complexity index is 41.5. The fraction of sp³-hybridized carbons (Fsp3) is 1.00. The molecule has 4 heteroatoms. The van der Waals surface area contributed by atoms with E-state index in [-0.39, 0.29) is 17.1 Å². The molecule has 0 aromatic rings. The van der Waals surface area contributed by atoms with Crippen LogP contribution < -0.4 is 16.0 Å². The van der Waals surface area contributed by atoms with Crippen molar-refractivity contribution < 1.29 is 17.1 Å². The summed E-state index contributed by atoms with van der Waals surface area (Å²) in [4.78, 5) is 0. The average Bonchev–Trinajstić information content (AvgIpc) is 2.00. The van der Waals surface area contributed by atoms with Gasteiger partial charge in [0.15, 0.2) is 0 Å². The molecule has 0 spiro atoms. The molecule has 0 aromatic heterocycles. The van der Waals surface area contributed by atoms with E-state index in [4.69, 9.17) is 0 Å². The van der Waals surface area contributed by atoms with E-state index in [9.17, 15) is 0 Å². The molecule has 1 aliphatic heterocycles. The number of hydrogen-bond acceptors (Lipinski definition) is 3. The molecule has 0 atom stereocenters. The van der Waals surface area contributed by atoms with Crippen molar-refractivity contribution in [2.24, 2.45) is 0 Å². The molecule has 10 heavy (non-hydrogen) atoms. The minimum Gasteiger partial charge on any atom is -0.314 e. The van der Waals surface area contributed by atoms with Crippen molar-refractivity contribution in [3.8, 4) is 0 Å². The van der Waals surface area contributed by atoms with Crippen molar-refractivity contribution in [2.75, 3.05) is 39.3 Å². The normalized spacial score (nSPS) is 21.6. The van der Waals surface area contributed by atoms with Gasteiger partial charge in [-0.25, -0.2) is 0 Å². The maximum atomic E-state index is 3.30. The van der Waals surface area contributed by atoms with Crippen LogP contribution in [0.2, 0.25) is 0 Å². The van der Waals surface area contributed by atoms with Gasteiger partial charge in [-0.3, -0.25) is 0 Å². The summed E-state index contributed by atoms with van der Waals surface area (Å²) < 4.78 is 0. The van der Waals surface area contributed by atoms with E-state index in [2.05, 4.69) is 16.0 Å². The second-order valence-corrected chi connectivity index (χ2v) is 2.25. The standard InChI is InChI=1S/C6H15N3.Cu/c1-2-8-5-6-9-4-3-7-1;/h7-9H,1-6H2;. The summed E-state index contributed by atoms with van der Waals surface area (Å²) in [7, 11) is 0. The zero-order valence-corrected chi connectivity index (χ0v) is 6.99. The minimum atomic E-state index is 0. The Morgan fingerprint density at radius 1 is 0.500 bits per heavy atom. The predicted molar refractivity (Wildman–Crippen MR) is 38.6 cm³/mol. The first-order valence-electron chi connectivity index (χ1n) is 3.62. The molecule has 3 nitrogen and oxygen atoms in total. The fourth-order valence-corrected chi connectivity index (χ4v) is 0.905. The van der Waals surface area contributed by atoms with E-state index in [1.807, 2.05) is 0 Å². The van der Waals surface area contributed by atoms with E-state index < -0.39 is 0 Å². The Hall–Kier alpha value is 0.399. The van der Waals surface area contributed by atoms with E-state index in [0.29, 0.717) is 0 Å². The zero-order chi connectivity index (χ0) is 6.36. The van der Waals surface area contributed by atoms with Gasteiger partial charge in [0.2, 0.25) is 0 Å². The van der Waals surface area contributed by atoms with E-state index >= 15 is 0 Å². The van der Waals surface area contributed by atoms with Gasteiger partial charge in [-0.1, -0.05) is 0 Å². The first-order valence-corrected chi connectivity index (χ1v) is 3.62. The summed E-state index contributed by atoms with van der Waals surface area (Å²) in [6.45, 7) is 6.59. The van der Waals surface area contributed by atoms with Crippen molar-refractivity contribution in [1.29, 1.82) is 0 Å². The second kappa shape index (κ2) is 7.51. The van der Waals surface area contributed by atoms with Crippen molar-refractivity contribution in [1.82, 2.24) is 16.0 Å². The van der Waals surface area contributed by atoms with Gasteiger partial charge in [0.1, 0.15) is 0 Å². The molecule has 0 saturated carbocycles. The number of nitrogens with one attached hydrogen (secondary N) is 3. The molecule has 3 N–H and O–H groups in total. The Morgan fingerprint density at radius 2 is 0.700 bits per heavy atom. The minimum absolute atomic E-state index is 0. The van der Waals surface area contributed by atoms with Gasteiger partial charge in [0.05, 0.1) is 0 Å². The smallest absolute Gasteiger partial charge is 0.00772 e. The topological polar surface area (TPSA) is 36.1 Å². The molecule has 0 unspecified atom stereocenters. The second-order valence-electron chi connectivity index (χ2n) is 2.25. The Balaban J connectivity index is 0.000000810. The Kier molecular flexibility index (Phi) is 7.81. The molecule has 65 valence electrons. The first-order chi connectivity index (χ1) is 4.50. The monoisotopic (exact) mass is 192 g/mol. The molecule has 1 aliphatic rings. The summed E-state index contributed by atoms with van der Waals surface area (Å²) in [6.07, 6.45) is 0. The van der Waals surface area contributed by atoms with E-state index in [1.54, 1.807) is 0 Å². The van der Waals surface area contributed by atoms with Crippen LogP contribution in [0.4, 0.5) is 0 Å². The molecule has 1 heterocycles. The van der Waals surface area contributed by atoms with Crippen LogP contribution in [0.3, 0.4) is 0 Å². The molecule has 0 aromatic carbocycles. The van der Waals surface area contributed by atoms with Crippen LogP contribution in [-0.4, -0.2) is 39.3 Å². The molecule has 0 amide bonds. The molecule has 1 fully saturated rings. The van der Waals surface area contributed by atoms with Gasteiger partial charge < -0.3 is 16.0 Å². The molecule has 0 aliphatic carbocycles. The zero-order valence-electron chi connectivity index (χ0n) is 6.04. The van der Waals surface area contributed by atoms with Crippen LogP contribution in [-0.2, 0) is 17.1 Å². The average molecular weight is 193 g/mol. The van der Waals surface area contributed by atoms with Gasteiger partial charge in [-0.15, -0.1) is 0 Å². The van der Waals surface area contributed by atoms with Crippen LogP contribution in [0.5, 0.6) is 0 Å². The van der Waals surface area contributed by atoms with Crippen LogP contribution in [0.25, 0.3) is 0 Å². The summed E-state index contributed by atoms with van der Waals surface area (Å²) in [6, 6.07) is 0. The SMILES string of the molecule is C1CNCCNCCN1.[Cu]. The Morgan fingerprint density at radius 3 is 0.900 bits per heavy atom. The van der Waals surface area contributed by atoms with Gasteiger partial charge in [-0.2, -0.15) is 0 Å².